The van der Waals surface area contributed by atoms with Crippen LogP contribution >= 0.6 is 22.7 Å². The number of amides is 1. The Balaban J connectivity index is 1.68. The third-order valence-electron chi connectivity index (χ3n) is 3.29. The van der Waals surface area contributed by atoms with Crippen LogP contribution in [0.4, 0.5) is 0 Å². The van der Waals surface area contributed by atoms with Gasteiger partial charge in [0.1, 0.15) is 4.88 Å². The van der Waals surface area contributed by atoms with Crippen LogP contribution in [0.3, 0.4) is 0 Å². The molecule has 2 aromatic heterocycles. The fourth-order valence-electron chi connectivity index (χ4n) is 2.17. The molecule has 23 heavy (non-hydrogen) atoms. The standard InChI is InChI=1S/C17H17NO3S2/c1-10(2)8-18-15(19)9-21-17(20)14-7-13-16(23-14)11-5-3-4-6-12(11)22-13/h3-7,10H,8-9H2,1-2H3,(H,18,19). The molecule has 1 amide bonds. The molecule has 0 unspecified atom stereocenters. The SMILES string of the molecule is CC(C)CNC(=O)COC(=O)c1cc2sc3ccccc3c2s1. The van der Waals surface area contributed by atoms with Gasteiger partial charge in [-0.25, -0.2) is 4.79 Å². The Kier molecular flexibility index (Phi) is 4.63. The molecule has 0 aliphatic carbocycles. The highest BCUT2D eigenvalue weighted by Crippen LogP contribution is 2.39. The normalized spacial score (nSPS) is 11.3. The van der Waals surface area contributed by atoms with E-state index in [9.17, 15) is 9.59 Å². The minimum absolute atomic E-state index is 0.238. The fraction of sp³-hybridized carbons (Fsp3) is 0.294. The molecule has 0 saturated heterocycles. The molecule has 4 nitrogen and oxygen atoms in total. The summed E-state index contributed by atoms with van der Waals surface area (Å²) in [6.45, 7) is 4.36. The van der Waals surface area contributed by atoms with Gasteiger partial charge in [-0.3, -0.25) is 4.79 Å². The maximum Gasteiger partial charge on any atom is 0.348 e. The Hall–Kier alpha value is -1.92. The fourth-order valence-corrected chi connectivity index (χ4v) is 4.59. The number of rotatable bonds is 5. The molecule has 120 valence electrons. The molecule has 3 aromatic rings. The molecule has 0 saturated carbocycles. The van der Waals surface area contributed by atoms with E-state index < -0.39 is 5.97 Å². The lowest BCUT2D eigenvalue weighted by Gasteiger charge is -2.07. The first-order valence-corrected chi connectivity index (χ1v) is 9.03. The molecule has 1 aromatic carbocycles. The molecule has 1 N–H and O–H groups in total. The van der Waals surface area contributed by atoms with E-state index in [4.69, 9.17) is 4.74 Å². The summed E-state index contributed by atoms with van der Waals surface area (Å²) in [5, 5.41) is 3.88. The predicted octanol–water partition coefficient (Wildman–Crippen LogP) is 4.05. The van der Waals surface area contributed by atoms with Gasteiger partial charge in [-0.2, -0.15) is 0 Å². The van der Waals surface area contributed by atoms with Crippen molar-refractivity contribution in [3.8, 4) is 0 Å². The van der Waals surface area contributed by atoms with Crippen molar-refractivity contribution in [3.63, 3.8) is 0 Å². The zero-order chi connectivity index (χ0) is 16.4. The minimum Gasteiger partial charge on any atom is -0.451 e. The second-order valence-electron chi connectivity index (χ2n) is 5.68. The van der Waals surface area contributed by atoms with E-state index >= 15 is 0 Å². The van der Waals surface area contributed by atoms with E-state index in [1.807, 2.05) is 32.0 Å². The van der Waals surface area contributed by atoms with Gasteiger partial charge in [-0.1, -0.05) is 32.0 Å². The highest BCUT2D eigenvalue weighted by Gasteiger charge is 2.16. The summed E-state index contributed by atoms with van der Waals surface area (Å²) in [5.41, 5.74) is 0. The summed E-state index contributed by atoms with van der Waals surface area (Å²) in [7, 11) is 0. The zero-order valence-corrected chi connectivity index (χ0v) is 14.6. The largest absolute Gasteiger partial charge is 0.451 e. The Morgan fingerprint density at radius 1 is 1.17 bits per heavy atom. The summed E-state index contributed by atoms with van der Waals surface area (Å²) in [5.74, 6) is -0.343. The van der Waals surface area contributed by atoms with E-state index in [1.165, 1.54) is 16.0 Å². The third-order valence-corrected chi connectivity index (χ3v) is 5.69. The van der Waals surface area contributed by atoms with Gasteiger partial charge < -0.3 is 10.1 Å². The van der Waals surface area contributed by atoms with Gasteiger partial charge in [0.15, 0.2) is 6.61 Å². The van der Waals surface area contributed by atoms with Crippen molar-refractivity contribution in [2.75, 3.05) is 13.2 Å². The van der Waals surface area contributed by atoms with E-state index in [2.05, 4.69) is 17.4 Å². The van der Waals surface area contributed by atoms with Crippen LogP contribution in [0.15, 0.2) is 30.3 Å². The average Bonchev–Trinajstić information content (AvgIpc) is 3.08. The lowest BCUT2D eigenvalue weighted by Crippen LogP contribution is -2.31. The number of fused-ring (bicyclic) bond motifs is 3. The average molecular weight is 347 g/mol. The monoisotopic (exact) mass is 347 g/mol. The van der Waals surface area contributed by atoms with Gasteiger partial charge in [0.2, 0.25) is 0 Å². The van der Waals surface area contributed by atoms with Gasteiger partial charge >= 0.3 is 5.97 Å². The van der Waals surface area contributed by atoms with Crippen LogP contribution in [-0.4, -0.2) is 25.0 Å². The molecule has 0 aliphatic rings. The first-order valence-electron chi connectivity index (χ1n) is 7.39. The first-order chi connectivity index (χ1) is 11.0. The topological polar surface area (TPSA) is 55.4 Å². The number of nitrogens with one attached hydrogen (secondary N) is 1. The molecular weight excluding hydrogens is 330 g/mol. The van der Waals surface area contributed by atoms with Crippen LogP contribution in [-0.2, 0) is 9.53 Å². The van der Waals surface area contributed by atoms with Crippen LogP contribution < -0.4 is 5.32 Å². The quantitative estimate of drug-likeness (QED) is 0.709. The lowest BCUT2D eigenvalue weighted by atomic mass is 10.2. The number of esters is 1. The van der Waals surface area contributed by atoms with Gasteiger partial charge in [-0.15, -0.1) is 22.7 Å². The van der Waals surface area contributed by atoms with Crippen LogP contribution in [0.1, 0.15) is 23.5 Å². The van der Waals surface area contributed by atoms with Crippen molar-refractivity contribution >= 4 is 54.0 Å². The molecular formula is C17H17NO3S2. The maximum absolute atomic E-state index is 12.1. The predicted molar refractivity (Wildman–Crippen MR) is 95.3 cm³/mol. The van der Waals surface area contributed by atoms with Gasteiger partial charge in [0.05, 0.1) is 4.70 Å². The summed E-state index contributed by atoms with van der Waals surface area (Å²) in [6, 6.07) is 9.97. The van der Waals surface area contributed by atoms with Crippen molar-refractivity contribution in [2.45, 2.75) is 13.8 Å². The summed E-state index contributed by atoms with van der Waals surface area (Å²) in [4.78, 5) is 24.2. The molecule has 0 bridgehead atoms. The maximum atomic E-state index is 12.1. The van der Waals surface area contributed by atoms with E-state index in [0.29, 0.717) is 17.3 Å². The Morgan fingerprint density at radius 3 is 2.74 bits per heavy atom. The van der Waals surface area contributed by atoms with Crippen LogP contribution in [0, 0.1) is 5.92 Å². The van der Waals surface area contributed by atoms with Crippen molar-refractivity contribution in [1.82, 2.24) is 5.32 Å². The van der Waals surface area contributed by atoms with Gasteiger partial charge in [-0.05, 0) is 18.1 Å². The van der Waals surface area contributed by atoms with Crippen LogP contribution in [0.25, 0.3) is 19.5 Å². The molecule has 0 aliphatic heterocycles. The van der Waals surface area contributed by atoms with E-state index in [1.54, 1.807) is 11.3 Å². The van der Waals surface area contributed by atoms with Crippen molar-refractivity contribution in [1.29, 1.82) is 0 Å². The highest BCUT2D eigenvalue weighted by atomic mass is 32.1. The number of carbonyl (C=O) groups is 2. The molecule has 2 heterocycles. The number of thiophene rings is 2. The number of hydrogen-bond acceptors (Lipinski definition) is 5. The van der Waals surface area contributed by atoms with Crippen LogP contribution in [0.2, 0.25) is 0 Å². The van der Waals surface area contributed by atoms with Crippen LogP contribution in [0.5, 0.6) is 0 Å². The van der Waals surface area contributed by atoms with E-state index in [-0.39, 0.29) is 12.5 Å². The first kappa shape index (κ1) is 16.0. The highest BCUT2D eigenvalue weighted by molar-refractivity contribution is 7.33. The van der Waals surface area contributed by atoms with Gasteiger partial charge in [0, 0.05) is 21.3 Å². The lowest BCUT2D eigenvalue weighted by molar-refractivity contribution is -0.124. The Labute approximate surface area is 142 Å². The van der Waals surface area contributed by atoms with Gasteiger partial charge in [0.25, 0.3) is 5.91 Å². The minimum atomic E-state index is -0.442. The van der Waals surface area contributed by atoms with Crippen molar-refractivity contribution in [3.05, 3.63) is 35.2 Å². The number of benzene rings is 1. The summed E-state index contributed by atoms with van der Waals surface area (Å²) >= 11 is 3.07. The number of carbonyl (C=O) groups excluding carboxylic acids is 2. The summed E-state index contributed by atoms with van der Waals surface area (Å²) in [6.07, 6.45) is 0. The molecule has 6 heteroatoms. The Bertz CT molecular complexity index is 863. The van der Waals surface area contributed by atoms with E-state index in [0.717, 1.165) is 14.8 Å². The number of hydrogen-bond donors (Lipinski definition) is 1. The smallest absolute Gasteiger partial charge is 0.348 e. The molecule has 0 spiro atoms. The van der Waals surface area contributed by atoms with Crippen molar-refractivity contribution in [2.24, 2.45) is 5.92 Å². The number of ether oxygens (including phenoxy) is 1. The zero-order valence-electron chi connectivity index (χ0n) is 12.9. The molecule has 0 atom stereocenters. The second kappa shape index (κ2) is 6.68. The summed E-state index contributed by atoms with van der Waals surface area (Å²) < 4.78 is 8.48. The molecule has 3 rings (SSSR count). The molecule has 0 radical (unpaired) electrons. The van der Waals surface area contributed by atoms with Crippen molar-refractivity contribution < 1.29 is 14.3 Å². The third kappa shape index (κ3) is 3.54. The molecule has 0 fully saturated rings. The second-order valence-corrected chi connectivity index (χ2v) is 7.81. The Morgan fingerprint density at radius 2 is 1.96 bits per heavy atom.